The van der Waals surface area contributed by atoms with Crippen LogP contribution in [0.3, 0.4) is 0 Å². The molecule has 3 aromatic rings. The second kappa shape index (κ2) is 7.26. The average molecular weight is 379 g/mol. The predicted molar refractivity (Wildman–Crippen MR) is 105 cm³/mol. The Labute approximate surface area is 164 Å². The first-order chi connectivity index (χ1) is 13.4. The van der Waals surface area contributed by atoms with E-state index in [-0.39, 0.29) is 17.2 Å². The van der Waals surface area contributed by atoms with E-state index in [9.17, 15) is 4.79 Å². The Hall–Kier alpha value is -2.89. The molecule has 28 heavy (non-hydrogen) atoms. The van der Waals surface area contributed by atoms with Gasteiger partial charge in [0.1, 0.15) is 0 Å². The Bertz CT molecular complexity index is 928. The molecule has 1 amide bonds. The summed E-state index contributed by atoms with van der Waals surface area (Å²) in [6.45, 7) is 7.88. The molecule has 3 heterocycles. The lowest BCUT2D eigenvalue weighted by Crippen LogP contribution is -2.38. The molecule has 0 unspecified atom stereocenters. The minimum absolute atomic E-state index is 0.0818. The molecule has 0 spiro atoms. The number of likely N-dealkylation sites (tertiary alicyclic amines) is 1. The summed E-state index contributed by atoms with van der Waals surface area (Å²) in [4.78, 5) is 14.7. The highest BCUT2D eigenvalue weighted by Gasteiger charge is 2.28. The summed E-state index contributed by atoms with van der Waals surface area (Å²) in [7, 11) is 0. The molecule has 0 N–H and O–H groups in total. The first-order valence-electron chi connectivity index (χ1n) is 9.69. The van der Waals surface area contributed by atoms with E-state index in [1.54, 1.807) is 18.4 Å². The first-order valence-corrected chi connectivity index (χ1v) is 9.69. The molecule has 0 atom stereocenters. The lowest BCUT2D eigenvalue weighted by Gasteiger charge is -2.30. The molecule has 6 heteroatoms. The Balaban J connectivity index is 1.38. The van der Waals surface area contributed by atoms with Gasteiger partial charge < -0.3 is 13.7 Å². The highest BCUT2D eigenvalue weighted by molar-refractivity contribution is 5.94. The van der Waals surface area contributed by atoms with Crippen LogP contribution in [0.4, 0.5) is 0 Å². The van der Waals surface area contributed by atoms with Gasteiger partial charge in [0.05, 0.1) is 6.26 Å². The van der Waals surface area contributed by atoms with E-state index < -0.39 is 0 Å². The molecule has 6 nitrogen and oxygen atoms in total. The molecule has 2 aromatic heterocycles. The SMILES string of the molecule is CC(C)(C)c1ccc(C(=O)N2CCC(c3nnc(-c4ccco4)o3)CC2)cc1. The fourth-order valence-electron chi connectivity index (χ4n) is 3.52. The van der Waals surface area contributed by atoms with Crippen molar-refractivity contribution in [3.8, 4) is 11.7 Å². The van der Waals surface area contributed by atoms with Crippen molar-refractivity contribution in [3.63, 3.8) is 0 Å². The van der Waals surface area contributed by atoms with Crippen molar-refractivity contribution in [2.75, 3.05) is 13.1 Å². The van der Waals surface area contributed by atoms with Crippen LogP contribution in [0, 0.1) is 0 Å². The van der Waals surface area contributed by atoms with Crippen LogP contribution in [0.2, 0.25) is 0 Å². The predicted octanol–water partition coefficient (Wildman–Crippen LogP) is 4.65. The number of hydrogen-bond donors (Lipinski definition) is 0. The van der Waals surface area contributed by atoms with Gasteiger partial charge in [-0.25, -0.2) is 0 Å². The van der Waals surface area contributed by atoms with Gasteiger partial charge >= 0.3 is 0 Å². The quantitative estimate of drug-likeness (QED) is 0.662. The maximum Gasteiger partial charge on any atom is 0.283 e. The highest BCUT2D eigenvalue weighted by Crippen LogP contribution is 2.30. The summed E-state index contributed by atoms with van der Waals surface area (Å²) < 4.78 is 11.1. The number of benzene rings is 1. The molecule has 1 saturated heterocycles. The minimum atomic E-state index is 0.0818. The molecule has 0 bridgehead atoms. The lowest BCUT2D eigenvalue weighted by atomic mass is 9.86. The van der Waals surface area contributed by atoms with Gasteiger partial charge in [-0.2, -0.15) is 0 Å². The monoisotopic (exact) mass is 379 g/mol. The van der Waals surface area contributed by atoms with Crippen LogP contribution in [-0.2, 0) is 5.41 Å². The second-order valence-corrected chi connectivity index (χ2v) is 8.32. The van der Waals surface area contributed by atoms with Crippen LogP contribution in [0.5, 0.6) is 0 Å². The summed E-state index contributed by atoms with van der Waals surface area (Å²) in [6, 6.07) is 11.6. The summed E-state index contributed by atoms with van der Waals surface area (Å²) in [5.74, 6) is 1.85. The maximum atomic E-state index is 12.8. The van der Waals surface area contributed by atoms with E-state index in [2.05, 4.69) is 43.1 Å². The second-order valence-electron chi connectivity index (χ2n) is 8.32. The number of carbonyl (C=O) groups is 1. The third kappa shape index (κ3) is 3.72. The molecular weight excluding hydrogens is 354 g/mol. The Morgan fingerprint density at radius 3 is 2.39 bits per heavy atom. The van der Waals surface area contributed by atoms with Crippen molar-refractivity contribution < 1.29 is 13.6 Å². The molecule has 1 aliphatic rings. The van der Waals surface area contributed by atoms with Crippen molar-refractivity contribution in [2.45, 2.75) is 44.9 Å². The number of amides is 1. The summed E-state index contributed by atoms with van der Waals surface area (Å²) >= 11 is 0. The van der Waals surface area contributed by atoms with Crippen molar-refractivity contribution in [2.24, 2.45) is 0 Å². The fraction of sp³-hybridized carbons (Fsp3) is 0.409. The summed E-state index contributed by atoms with van der Waals surface area (Å²) in [5.41, 5.74) is 2.05. The third-order valence-electron chi connectivity index (χ3n) is 5.30. The first kappa shape index (κ1) is 18.5. The van der Waals surface area contributed by atoms with Gasteiger partial charge in [0.2, 0.25) is 5.89 Å². The third-order valence-corrected chi connectivity index (χ3v) is 5.30. The number of aromatic nitrogens is 2. The van der Waals surface area contributed by atoms with Gasteiger partial charge in [-0.3, -0.25) is 4.79 Å². The van der Waals surface area contributed by atoms with Gasteiger partial charge in [0.25, 0.3) is 11.8 Å². The van der Waals surface area contributed by atoms with Crippen molar-refractivity contribution in [1.82, 2.24) is 15.1 Å². The largest absolute Gasteiger partial charge is 0.459 e. The van der Waals surface area contributed by atoms with E-state index in [1.165, 1.54) is 5.56 Å². The van der Waals surface area contributed by atoms with Gasteiger partial charge in [-0.1, -0.05) is 32.9 Å². The van der Waals surface area contributed by atoms with E-state index in [0.717, 1.165) is 18.4 Å². The van der Waals surface area contributed by atoms with Crippen LogP contribution in [-0.4, -0.2) is 34.1 Å². The zero-order chi connectivity index (χ0) is 19.7. The Morgan fingerprint density at radius 1 is 1.07 bits per heavy atom. The van der Waals surface area contributed by atoms with Crippen LogP contribution < -0.4 is 0 Å². The standard InChI is InChI=1S/C22H25N3O3/c1-22(2,3)17-8-6-16(7-9-17)21(26)25-12-10-15(11-13-25)19-23-24-20(28-19)18-5-4-14-27-18/h4-9,14-15H,10-13H2,1-3H3. The van der Waals surface area contributed by atoms with E-state index in [0.29, 0.717) is 30.6 Å². The van der Waals surface area contributed by atoms with E-state index in [1.807, 2.05) is 17.0 Å². The zero-order valence-electron chi connectivity index (χ0n) is 16.5. The Kier molecular flexibility index (Phi) is 4.79. The van der Waals surface area contributed by atoms with Crippen LogP contribution >= 0.6 is 0 Å². The molecule has 146 valence electrons. The average Bonchev–Trinajstić information content (AvgIpc) is 3.38. The minimum Gasteiger partial charge on any atom is -0.459 e. The van der Waals surface area contributed by atoms with E-state index in [4.69, 9.17) is 8.83 Å². The van der Waals surface area contributed by atoms with Crippen LogP contribution in [0.1, 0.15) is 61.3 Å². The highest BCUT2D eigenvalue weighted by atomic mass is 16.4. The molecular formula is C22H25N3O3. The zero-order valence-corrected chi connectivity index (χ0v) is 16.5. The molecule has 1 aliphatic heterocycles. The molecule has 0 saturated carbocycles. The number of furan rings is 1. The summed E-state index contributed by atoms with van der Waals surface area (Å²) in [6.07, 6.45) is 3.20. The molecule has 1 aromatic carbocycles. The molecule has 4 rings (SSSR count). The molecule has 0 radical (unpaired) electrons. The normalized spacial score (nSPS) is 15.8. The van der Waals surface area contributed by atoms with Crippen LogP contribution in [0.15, 0.2) is 51.5 Å². The Morgan fingerprint density at radius 2 is 1.79 bits per heavy atom. The molecule has 1 fully saturated rings. The number of rotatable bonds is 3. The van der Waals surface area contributed by atoms with Crippen molar-refractivity contribution in [3.05, 3.63) is 59.7 Å². The van der Waals surface area contributed by atoms with Crippen LogP contribution in [0.25, 0.3) is 11.7 Å². The number of nitrogens with zero attached hydrogens (tertiary/aromatic N) is 3. The van der Waals surface area contributed by atoms with Crippen molar-refractivity contribution >= 4 is 5.91 Å². The van der Waals surface area contributed by atoms with E-state index >= 15 is 0 Å². The molecule has 0 aliphatic carbocycles. The number of hydrogen-bond acceptors (Lipinski definition) is 5. The number of piperidine rings is 1. The lowest BCUT2D eigenvalue weighted by molar-refractivity contribution is 0.0706. The fourth-order valence-corrected chi connectivity index (χ4v) is 3.52. The topological polar surface area (TPSA) is 72.4 Å². The van der Waals surface area contributed by atoms with Gasteiger partial charge in [0.15, 0.2) is 5.76 Å². The summed E-state index contributed by atoms with van der Waals surface area (Å²) in [5, 5.41) is 8.25. The van der Waals surface area contributed by atoms with Gasteiger partial charge in [-0.05, 0) is 48.1 Å². The smallest absolute Gasteiger partial charge is 0.283 e. The van der Waals surface area contributed by atoms with Gasteiger partial charge in [-0.15, -0.1) is 10.2 Å². The van der Waals surface area contributed by atoms with Crippen molar-refractivity contribution in [1.29, 1.82) is 0 Å². The maximum absolute atomic E-state index is 12.8. The number of carbonyl (C=O) groups excluding carboxylic acids is 1. The van der Waals surface area contributed by atoms with Gasteiger partial charge in [0, 0.05) is 24.6 Å².